The highest BCUT2D eigenvalue weighted by atomic mass is 35.5. The molecule has 0 atom stereocenters. The van der Waals surface area contributed by atoms with E-state index in [0.717, 1.165) is 5.56 Å². The fourth-order valence-electron chi connectivity index (χ4n) is 1.81. The fourth-order valence-corrected chi connectivity index (χ4v) is 3.69. The summed E-state index contributed by atoms with van der Waals surface area (Å²) in [5.41, 5.74) is 2.09. The van der Waals surface area contributed by atoms with Crippen molar-refractivity contribution in [2.24, 2.45) is 0 Å². The molecule has 20 heavy (non-hydrogen) atoms. The normalized spacial score (nSPS) is 12.3. The van der Waals surface area contributed by atoms with Gasteiger partial charge < -0.3 is 0 Å². The molecule has 0 unspecified atom stereocenters. The lowest BCUT2D eigenvalue weighted by Gasteiger charge is -2.20. The summed E-state index contributed by atoms with van der Waals surface area (Å²) in [4.78, 5) is 0. The number of halogens is 2. The highest BCUT2D eigenvalue weighted by Gasteiger charge is 2.41. The van der Waals surface area contributed by atoms with Gasteiger partial charge in [-0.2, -0.15) is 0 Å². The van der Waals surface area contributed by atoms with Crippen LogP contribution in [0.3, 0.4) is 0 Å². The van der Waals surface area contributed by atoms with Gasteiger partial charge in [-0.1, -0.05) is 83.4 Å². The molecule has 0 aromatic heterocycles. The van der Waals surface area contributed by atoms with Crippen molar-refractivity contribution in [2.45, 2.75) is 16.3 Å². The van der Waals surface area contributed by atoms with Crippen LogP contribution in [0.25, 0.3) is 0 Å². The third-order valence-corrected chi connectivity index (χ3v) is 6.56. The second kappa shape index (κ2) is 5.76. The summed E-state index contributed by atoms with van der Waals surface area (Å²) in [6.45, 7) is 1.94. The van der Waals surface area contributed by atoms with Gasteiger partial charge in [0.05, 0.1) is 5.75 Å². The van der Waals surface area contributed by atoms with Crippen LogP contribution in [0.2, 0.25) is 0 Å². The molecule has 0 saturated heterocycles. The molecule has 2 aromatic rings. The van der Waals surface area contributed by atoms with E-state index in [1.54, 1.807) is 42.5 Å². The molecule has 2 aromatic carbocycles. The van der Waals surface area contributed by atoms with Gasteiger partial charge in [0.15, 0.2) is 9.84 Å². The molecule has 0 bridgehead atoms. The van der Waals surface area contributed by atoms with Crippen LogP contribution in [0.1, 0.15) is 16.7 Å². The first kappa shape index (κ1) is 15.4. The Morgan fingerprint density at radius 2 is 1.50 bits per heavy atom. The van der Waals surface area contributed by atoms with E-state index in [1.807, 2.05) is 19.1 Å². The van der Waals surface area contributed by atoms with E-state index in [0.29, 0.717) is 11.1 Å². The molecular weight excluding hydrogens is 315 g/mol. The van der Waals surface area contributed by atoms with Crippen LogP contribution in [-0.2, 0) is 19.3 Å². The lowest BCUT2D eigenvalue weighted by Crippen LogP contribution is -2.25. The molecular formula is C15H14Cl2O2S. The van der Waals surface area contributed by atoms with E-state index in [1.165, 1.54) is 0 Å². The van der Waals surface area contributed by atoms with Crippen LogP contribution in [0.15, 0.2) is 54.6 Å². The van der Waals surface area contributed by atoms with E-state index < -0.39 is 13.5 Å². The standard InChI is InChI=1S/C15H14Cl2O2S/c1-12-7-9-13(10-8-12)11-20(18,19)15(16,17)14-5-3-2-4-6-14/h2-10H,11H2,1H3. The quantitative estimate of drug-likeness (QED) is 0.788. The van der Waals surface area contributed by atoms with E-state index in [4.69, 9.17) is 23.2 Å². The van der Waals surface area contributed by atoms with Gasteiger partial charge in [-0.05, 0) is 12.5 Å². The Labute approximate surface area is 129 Å². The van der Waals surface area contributed by atoms with Crippen molar-refractivity contribution in [2.75, 3.05) is 0 Å². The number of sulfone groups is 1. The molecule has 0 amide bonds. The maximum Gasteiger partial charge on any atom is 0.243 e. The predicted molar refractivity (Wildman–Crippen MR) is 83.6 cm³/mol. The van der Waals surface area contributed by atoms with Crippen LogP contribution in [-0.4, -0.2) is 8.42 Å². The molecule has 0 spiro atoms. The lowest BCUT2D eigenvalue weighted by atomic mass is 10.2. The minimum Gasteiger partial charge on any atom is -0.225 e. The molecule has 0 radical (unpaired) electrons. The number of benzene rings is 2. The zero-order valence-corrected chi connectivity index (χ0v) is 13.2. The monoisotopic (exact) mass is 328 g/mol. The Bertz CT molecular complexity index is 678. The average Bonchev–Trinajstić information content (AvgIpc) is 2.42. The third kappa shape index (κ3) is 3.17. The molecule has 0 aliphatic rings. The zero-order valence-electron chi connectivity index (χ0n) is 10.9. The van der Waals surface area contributed by atoms with Gasteiger partial charge in [0.2, 0.25) is 3.67 Å². The number of aryl methyl sites for hydroxylation is 1. The van der Waals surface area contributed by atoms with Gasteiger partial charge in [-0.25, -0.2) is 8.42 Å². The van der Waals surface area contributed by atoms with E-state index in [-0.39, 0.29) is 5.75 Å². The summed E-state index contributed by atoms with van der Waals surface area (Å²) in [6, 6.07) is 15.6. The summed E-state index contributed by atoms with van der Waals surface area (Å²) < 4.78 is 22.9. The lowest BCUT2D eigenvalue weighted by molar-refractivity contribution is 0.589. The van der Waals surface area contributed by atoms with Gasteiger partial charge in [-0.3, -0.25) is 0 Å². The van der Waals surface area contributed by atoms with Crippen LogP contribution in [0.4, 0.5) is 0 Å². The molecule has 0 aliphatic heterocycles. The molecule has 0 saturated carbocycles. The molecule has 0 fully saturated rings. The van der Waals surface area contributed by atoms with Crippen LogP contribution in [0, 0.1) is 6.92 Å². The minimum absolute atomic E-state index is 0.199. The Balaban J connectivity index is 2.32. The Kier molecular flexibility index (Phi) is 4.43. The summed E-state index contributed by atoms with van der Waals surface area (Å²) >= 11 is 12.2. The molecule has 0 aliphatic carbocycles. The first-order valence-corrected chi connectivity index (χ1v) is 8.45. The fraction of sp³-hybridized carbons (Fsp3) is 0.200. The van der Waals surface area contributed by atoms with Crippen molar-refractivity contribution in [3.05, 3.63) is 71.3 Å². The maximum absolute atomic E-state index is 12.4. The number of hydrogen-bond acceptors (Lipinski definition) is 2. The molecule has 2 nitrogen and oxygen atoms in total. The van der Waals surface area contributed by atoms with Crippen LogP contribution >= 0.6 is 23.2 Å². The largest absolute Gasteiger partial charge is 0.243 e. The molecule has 0 N–H and O–H groups in total. The number of hydrogen-bond donors (Lipinski definition) is 0. The van der Waals surface area contributed by atoms with Gasteiger partial charge in [-0.15, -0.1) is 0 Å². The maximum atomic E-state index is 12.4. The smallest absolute Gasteiger partial charge is 0.225 e. The molecule has 5 heteroatoms. The summed E-state index contributed by atoms with van der Waals surface area (Å²) in [5, 5.41) is 0. The van der Waals surface area contributed by atoms with E-state index >= 15 is 0 Å². The van der Waals surface area contributed by atoms with Crippen molar-refractivity contribution in [3.8, 4) is 0 Å². The Morgan fingerprint density at radius 1 is 0.950 bits per heavy atom. The van der Waals surface area contributed by atoms with Crippen molar-refractivity contribution < 1.29 is 8.42 Å². The Morgan fingerprint density at radius 3 is 2.05 bits per heavy atom. The topological polar surface area (TPSA) is 34.1 Å². The van der Waals surface area contributed by atoms with E-state index in [9.17, 15) is 8.42 Å². The number of alkyl halides is 2. The second-order valence-corrected chi connectivity index (χ2v) is 8.53. The van der Waals surface area contributed by atoms with Gasteiger partial charge >= 0.3 is 0 Å². The van der Waals surface area contributed by atoms with Crippen molar-refractivity contribution in [3.63, 3.8) is 0 Å². The van der Waals surface area contributed by atoms with Crippen molar-refractivity contribution in [1.82, 2.24) is 0 Å². The zero-order chi connectivity index (χ0) is 14.8. The van der Waals surface area contributed by atoms with Crippen LogP contribution in [0.5, 0.6) is 0 Å². The number of rotatable bonds is 4. The summed E-state index contributed by atoms with van der Waals surface area (Å²) in [6.07, 6.45) is 0. The Hall–Kier alpha value is -1.03. The molecule has 0 heterocycles. The first-order chi connectivity index (χ1) is 9.33. The molecule has 2 rings (SSSR count). The van der Waals surface area contributed by atoms with Gasteiger partial charge in [0.1, 0.15) is 0 Å². The van der Waals surface area contributed by atoms with Crippen molar-refractivity contribution >= 4 is 33.0 Å². The minimum atomic E-state index is -3.75. The van der Waals surface area contributed by atoms with Crippen molar-refractivity contribution in [1.29, 1.82) is 0 Å². The first-order valence-electron chi connectivity index (χ1n) is 6.04. The van der Waals surface area contributed by atoms with Gasteiger partial charge in [0.25, 0.3) is 0 Å². The SMILES string of the molecule is Cc1ccc(CS(=O)(=O)C(Cl)(Cl)c2ccccc2)cc1. The second-order valence-electron chi connectivity index (χ2n) is 4.63. The molecule has 106 valence electrons. The highest BCUT2D eigenvalue weighted by Crippen LogP contribution is 2.41. The summed E-state index contributed by atoms with van der Waals surface area (Å²) in [5.74, 6) is -0.199. The third-order valence-electron chi connectivity index (χ3n) is 2.98. The van der Waals surface area contributed by atoms with Gasteiger partial charge in [0, 0.05) is 5.56 Å². The van der Waals surface area contributed by atoms with E-state index in [2.05, 4.69) is 0 Å². The average molecular weight is 329 g/mol. The highest BCUT2D eigenvalue weighted by molar-refractivity contribution is 7.94. The predicted octanol–water partition coefficient (Wildman–Crippen LogP) is 4.20. The summed E-state index contributed by atoms with van der Waals surface area (Å²) in [7, 11) is -3.75. The van der Waals surface area contributed by atoms with Crippen LogP contribution < -0.4 is 0 Å².